The lowest BCUT2D eigenvalue weighted by atomic mass is 10.2. The van der Waals surface area contributed by atoms with Crippen molar-refractivity contribution in [2.75, 3.05) is 25.0 Å². The van der Waals surface area contributed by atoms with E-state index in [0.29, 0.717) is 13.0 Å². The van der Waals surface area contributed by atoms with Crippen LogP contribution >= 0.6 is 15.9 Å². The zero-order valence-electron chi connectivity index (χ0n) is 11.3. The molecule has 0 unspecified atom stereocenters. The average Bonchev–Trinajstić information content (AvgIpc) is 2.35. The van der Waals surface area contributed by atoms with Gasteiger partial charge in [0.2, 0.25) is 5.91 Å². The van der Waals surface area contributed by atoms with Crippen molar-refractivity contribution in [3.63, 3.8) is 0 Å². The number of carbonyl (C=O) groups is 1. The van der Waals surface area contributed by atoms with Crippen molar-refractivity contribution in [2.24, 2.45) is 0 Å². The van der Waals surface area contributed by atoms with Gasteiger partial charge in [0.05, 0.1) is 0 Å². The van der Waals surface area contributed by atoms with Gasteiger partial charge in [-0.25, -0.2) is 0 Å². The van der Waals surface area contributed by atoms with Crippen molar-refractivity contribution in [1.82, 2.24) is 4.90 Å². The molecule has 0 aliphatic carbocycles. The molecule has 0 atom stereocenters. The Morgan fingerprint density at radius 3 is 2.56 bits per heavy atom. The molecule has 0 saturated carbocycles. The monoisotopic (exact) mass is 312 g/mol. The van der Waals surface area contributed by atoms with E-state index in [1.54, 1.807) is 0 Å². The van der Waals surface area contributed by atoms with Crippen LogP contribution < -0.4 is 5.32 Å². The van der Waals surface area contributed by atoms with Crippen molar-refractivity contribution in [3.8, 4) is 0 Å². The lowest BCUT2D eigenvalue weighted by Crippen LogP contribution is -2.31. The van der Waals surface area contributed by atoms with Crippen LogP contribution in [0.3, 0.4) is 0 Å². The van der Waals surface area contributed by atoms with Crippen LogP contribution in [0.5, 0.6) is 0 Å². The zero-order chi connectivity index (χ0) is 13.5. The first kappa shape index (κ1) is 15.0. The summed E-state index contributed by atoms with van der Waals surface area (Å²) < 4.78 is 1.09. The first-order valence-electron chi connectivity index (χ1n) is 6.36. The first-order chi connectivity index (χ1) is 8.58. The topological polar surface area (TPSA) is 32.3 Å². The SMILES string of the molecule is CCN(CC)C(=O)CCNc1ccc(C)c(Br)c1. The third-order valence-corrected chi connectivity index (χ3v) is 3.81. The third-order valence-electron chi connectivity index (χ3n) is 2.96. The van der Waals surface area contributed by atoms with Gasteiger partial charge in [-0.15, -0.1) is 0 Å². The standard InChI is InChI=1S/C14H21BrN2O/c1-4-17(5-2)14(18)8-9-16-12-7-6-11(3)13(15)10-12/h6-7,10,16H,4-5,8-9H2,1-3H3. The summed E-state index contributed by atoms with van der Waals surface area (Å²) in [6.07, 6.45) is 0.535. The Hall–Kier alpha value is -1.03. The number of nitrogens with zero attached hydrogens (tertiary/aromatic N) is 1. The third kappa shape index (κ3) is 4.33. The molecule has 0 saturated heterocycles. The highest BCUT2D eigenvalue weighted by Crippen LogP contribution is 2.20. The van der Waals surface area contributed by atoms with Crippen LogP contribution in [0.1, 0.15) is 25.8 Å². The first-order valence-corrected chi connectivity index (χ1v) is 7.15. The highest BCUT2D eigenvalue weighted by Gasteiger charge is 2.08. The van der Waals surface area contributed by atoms with Crippen LogP contribution in [-0.4, -0.2) is 30.4 Å². The summed E-state index contributed by atoms with van der Waals surface area (Å²) in [7, 11) is 0. The Bertz CT molecular complexity index is 403. The Morgan fingerprint density at radius 2 is 2.00 bits per heavy atom. The van der Waals surface area contributed by atoms with Gasteiger partial charge >= 0.3 is 0 Å². The van der Waals surface area contributed by atoms with Crippen LogP contribution in [0.25, 0.3) is 0 Å². The highest BCUT2D eigenvalue weighted by atomic mass is 79.9. The molecule has 1 aromatic carbocycles. The smallest absolute Gasteiger partial charge is 0.224 e. The number of nitrogens with one attached hydrogen (secondary N) is 1. The second-order valence-electron chi connectivity index (χ2n) is 4.21. The normalized spacial score (nSPS) is 10.2. The number of anilines is 1. The summed E-state index contributed by atoms with van der Waals surface area (Å²) in [5.41, 5.74) is 2.25. The number of aryl methyl sites for hydroxylation is 1. The number of hydrogen-bond acceptors (Lipinski definition) is 2. The fraction of sp³-hybridized carbons (Fsp3) is 0.500. The zero-order valence-corrected chi connectivity index (χ0v) is 12.9. The fourth-order valence-electron chi connectivity index (χ4n) is 1.75. The molecule has 1 aromatic rings. The minimum Gasteiger partial charge on any atom is -0.384 e. The summed E-state index contributed by atoms with van der Waals surface area (Å²) >= 11 is 3.50. The van der Waals surface area contributed by atoms with Crippen molar-refractivity contribution in [1.29, 1.82) is 0 Å². The summed E-state index contributed by atoms with van der Waals surface area (Å²) in [5.74, 6) is 0.207. The van der Waals surface area contributed by atoms with Gasteiger partial charge in [-0.2, -0.15) is 0 Å². The van der Waals surface area contributed by atoms with Gasteiger partial charge in [0.25, 0.3) is 0 Å². The predicted octanol–water partition coefficient (Wildman–Crippen LogP) is 3.43. The summed E-state index contributed by atoms with van der Waals surface area (Å²) in [6, 6.07) is 6.12. The van der Waals surface area contributed by atoms with E-state index in [9.17, 15) is 4.79 Å². The van der Waals surface area contributed by atoms with E-state index < -0.39 is 0 Å². The van der Waals surface area contributed by atoms with Gasteiger partial charge in [-0.3, -0.25) is 4.79 Å². The summed E-state index contributed by atoms with van der Waals surface area (Å²) in [6.45, 7) is 8.30. The molecule has 1 amide bonds. The molecule has 3 nitrogen and oxygen atoms in total. The van der Waals surface area contributed by atoms with Crippen LogP contribution in [0.2, 0.25) is 0 Å². The number of rotatable bonds is 6. The van der Waals surface area contributed by atoms with Crippen molar-refractivity contribution < 1.29 is 4.79 Å². The number of amides is 1. The van der Waals surface area contributed by atoms with Crippen molar-refractivity contribution >= 4 is 27.5 Å². The summed E-state index contributed by atoms with van der Waals surface area (Å²) in [5, 5.41) is 3.27. The Balaban J connectivity index is 2.41. The molecule has 1 N–H and O–H groups in total. The van der Waals surface area contributed by atoms with Crippen LogP contribution in [0.15, 0.2) is 22.7 Å². The van der Waals surface area contributed by atoms with Crippen LogP contribution in [-0.2, 0) is 4.79 Å². The quantitative estimate of drug-likeness (QED) is 0.873. The van der Waals surface area contributed by atoms with E-state index in [2.05, 4.69) is 34.2 Å². The maximum Gasteiger partial charge on any atom is 0.224 e. The van der Waals surface area contributed by atoms with Gasteiger partial charge in [0.1, 0.15) is 0 Å². The molecule has 0 aliphatic rings. The molecule has 0 spiro atoms. The largest absolute Gasteiger partial charge is 0.384 e. The summed E-state index contributed by atoms with van der Waals surface area (Å²) in [4.78, 5) is 13.6. The number of carbonyl (C=O) groups excluding carboxylic acids is 1. The molecule has 0 radical (unpaired) electrons. The number of hydrogen-bond donors (Lipinski definition) is 1. The predicted molar refractivity (Wildman–Crippen MR) is 79.9 cm³/mol. The Labute approximate surface area is 118 Å². The van der Waals surface area contributed by atoms with Crippen molar-refractivity contribution in [2.45, 2.75) is 27.2 Å². The Morgan fingerprint density at radius 1 is 1.33 bits per heavy atom. The maximum absolute atomic E-state index is 11.8. The molecule has 100 valence electrons. The molecule has 0 heterocycles. The molecule has 0 bridgehead atoms. The van der Waals surface area contributed by atoms with Gasteiger partial charge in [-0.05, 0) is 38.5 Å². The van der Waals surface area contributed by atoms with E-state index >= 15 is 0 Å². The van der Waals surface area contributed by atoms with Gasteiger partial charge in [0.15, 0.2) is 0 Å². The van der Waals surface area contributed by atoms with E-state index in [-0.39, 0.29) is 5.91 Å². The van der Waals surface area contributed by atoms with Gasteiger partial charge in [0, 0.05) is 36.2 Å². The minimum atomic E-state index is 0.207. The molecule has 0 fully saturated rings. The molecule has 0 aliphatic heterocycles. The minimum absolute atomic E-state index is 0.207. The lowest BCUT2D eigenvalue weighted by molar-refractivity contribution is -0.130. The number of benzene rings is 1. The molecule has 4 heteroatoms. The van der Waals surface area contributed by atoms with E-state index in [4.69, 9.17) is 0 Å². The van der Waals surface area contributed by atoms with E-state index in [0.717, 1.165) is 23.2 Å². The van der Waals surface area contributed by atoms with E-state index in [1.165, 1.54) is 5.56 Å². The highest BCUT2D eigenvalue weighted by molar-refractivity contribution is 9.10. The van der Waals surface area contributed by atoms with Crippen molar-refractivity contribution in [3.05, 3.63) is 28.2 Å². The van der Waals surface area contributed by atoms with E-state index in [1.807, 2.05) is 30.9 Å². The molecule has 1 rings (SSSR count). The Kier molecular flexibility index (Phi) is 6.19. The molecule has 0 aromatic heterocycles. The van der Waals surface area contributed by atoms with Gasteiger partial charge in [-0.1, -0.05) is 22.0 Å². The average molecular weight is 313 g/mol. The fourth-order valence-corrected chi connectivity index (χ4v) is 2.13. The number of halogens is 1. The van der Waals surface area contributed by atoms with Gasteiger partial charge < -0.3 is 10.2 Å². The van der Waals surface area contributed by atoms with Crippen LogP contribution in [0.4, 0.5) is 5.69 Å². The lowest BCUT2D eigenvalue weighted by Gasteiger charge is -2.18. The maximum atomic E-state index is 11.8. The van der Waals surface area contributed by atoms with Crippen LogP contribution in [0, 0.1) is 6.92 Å². The molecular weight excluding hydrogens is 292 g/mol. The second kappa shape index (κ2) is 7.41. The molecular formula is C14H21BrN2O. The molecule has 18 heavy (non-hydrogen) atoms. The second-order valence-corrected chi connectivity index (χ2v) is 5.06.